The van der Waals surface area contributed by atoms with Crippen molar-refractivity contribution in [2.75, 3.05) is 33.9 Å². The molecule has 1 unspecified atom stereocenters. The van der Waals surface area contributed by atoms with Crippen LogP contribution in [0.4, 0.5) is 0 Å². The molecule has 168 valence electrons. The van der Waals surface area contributed by atoms with Crippen LogP contribution in [-0.2, 0) is 11.3 Å². The SMILES string of the molecule is CCNC(=NCC(=O)NCc1ccc(OC)cc1)NCC(C)Oc1cccc(OC)c1. The van der Waals surface area contributed by atoms with Gasteiger partial charge in [-0.25, -0.2) is 4.99 Å². The van der Waals surface area contributed by atoms with Crippen molar-refractivity contribution >= 4 is 11.9 Å². The average molecular weight is 429 g/mol. The molecule has 0 radical (unpaired) electrons. The van der Waals surface area contributed by atoms with Crippen molar-refractivity contribution in [2.24, 2.45) is 4.99 Å². The fourth-order valence-electron chi connectivity index (χ4n) is 2.68. The summed E-state index contributed by atoms with van der Waals surface area (Å²) in [5.41, 5.74) is 0.992. The van der Waals surface area contributed by atoms with Gasteiger partial charge in [-0.05, 0) is 43.7 Å². The van der Waals surface area contributed by atoms with Crippen LogP contribution in [0, 0.1) is 0 Å². The van der Waals surface area contributed by atoms with Crippen LogP contribution in [0.15, 0.2) is 53.5 Å². The Morgan fingerprint density at radius 2 is 1.68 bits per heavy atom. The molecular weight excluding hydrogens is 396 g/mol. The smallest absolute Gasteiger partial charge is 0.242 e. The first-order chi connectivity index (χ1) is 15.0. The van der Waals surface area contributed by atoms with E-state index in [0.29, 0.717) is 25.6 Å². The summed E-state index contributed by atoms with van der Waals surface area (Å²) in [7, 11) is 3.24. The molecule has 2 rings (SSSR count). The van der Waals surface area contributed by atoms with E-state index in [2.05, 4.69) is 20.9 Å². The lowest BCUT2D eigenvalue weighted by molar-refractivity contribution is -0.119. The molecule has 8 heteroatoms. The molecule has 0 bridgehead atoms. The highest BCUT2D eigenvalue weighted by atomic mass is 16.5. The molecular formula is C23H32N4O4. The third-order valence-corrected chi connectivity index (χ3v) is 4.31. The number of nitrogens with zero attached hydrogens (tertiary/aromatic N) is 1. The zero-order valence-electron chi connectivity index (χ0n) is 18.6. The van der Waals surface area contributed by atoms with E-state index in [1.165, 1.54) is 0 Å². The minimum Gasteiger partial charge on any atom is -0.497 e. The van der Waals surface area contributed by atoms with Gasteiger partial charge in [-0.15, -0.1) is 0 Å². The number of nitrogens with one attached hydrogen (secondary N) is 3. The number of ether oxygens (including phenoxy) is 3. The van der Waals surface area contributed by atoms with E-state index in [-0.39, 0.29) is 18.6 Å². The molecule has 0 fully saturated rings. The minimum absolute atomic E-state index is 0.0244. The summed E-state index contributed by atoms with van der Waals surface area (Å²) in [4.78, 5) is 16.5. The minimum atomic E-state index is -0.159. The number of carbonyl (C=O) groups is 1. The number of carbonyl (C=O) groups excluding carboxylic acids is 1. The van der Waals surface area contributed by atoms with Crippen molar-refractivity contribution in [3.63, 3.8) is 0 Å². The van der Waals surface area contributed by atoms with Crippen LogP contribution >= 0.6 is 0 Å². The highest BCUT2D eigenvalue weighted by molar-refractivity contribution is 5.84. The normalized spacial score (nSPS) is 11.9. The Kier molecular flexibility index (Phi) is 10.0. The molecule has 0 saturated heterocycles. The van der Waals surface area contributed by atoms with E-state index in [0.717, 1.165) is 22.8 Å². The fraction of sp³-hybridized carbons (Fsp3) is 0.391. The molecule has 0 heterocycles. The second kappa shape index (κ2) is 13.0. The van der Waals surface area contributed by atoms with Crippen LogP contribution in [0.1, 0.15) is 19.4 Å². The maximum absolute atomic E-state index is 12.2. The summed E-state index contributed by atoms with van der Waals surface area (Å²) >= 11 is 0. The van der Waals surface area contributed by atoms with Gasteiger partial charge in [0.25, 0.3) is 0 Å². The molecule has 1 amide bonds. The molecule has 2 aromatic carbocycles. The molecule has 0 aliphatic heterocycles. The zero-order valence-corrected chi connectivity index (χ0v) is 18.6. The molecule has 8 nitrogen and oxygen atoms in total. The van der Waals surface area contributed by atoms with Crippen molar-refractivity contribution in [2.45, 2.75) is 26.5 Å². The van der Waals surface area contributed by atoms with Gasteiger partial charge in [0.15, 0.2) is 5.96 Å². The highest BCUT2D eigenvalue weighted by Crippen LogP contribution is 2.19. The molecule has 0 spiro atoms. The highest BCUT2D eigenvalue weighted by Gasteiger charge is 2.08. The summed E-state index contributed by atoms with van der Waals surface area (Å²) in [6.45, 7) is 5.60. The second-order valence-corrected chi connectivity index (χ2v) is 6.81. The lowest BCUT2D eigenvalue weighted by Gasteiger charge is -2.18. The number of aliphatic imine (C=N–C) groups is 1. The summed E-state index contributed by atoms with van der Waals surface area (Å²) < 4.78 is 16.2. The number of hydrogen-bond donors (Lipinski definition) is 3. The van der Waals surface area contributed by atoms with Gasteiger partial charge < -0.3 is 30.2 Å². The Bertz CT molecular complexity index is 840. The number of benzene rings is 2. The molecule has 31 heavy (non-hydrogen) atoms. The van der Waals surface area contributed by atoms with E-state index >= 15 is 0 Å². The quantitative estimate of drug-likeness (QED) is 0.376. The summed E-state index contributed by atoms with van der Waals surface area (Å²) in [6, 6.07) is 15.0. The zero-order chi connectivity index (χ0) is 22.5. The predicted molar refractivity (Wildman–Crippen MR) is 122 cm³/mol. The number of hydrogen-bond acceptors (Lipinski definition) is 5. The van der Waals surface area contributed by atoms with Crippen molar-refractivity contribution in [3.8, 4) is 17.2 Å². The third kappa shape index (κ3) is 8.86. The van der Waals surface area contributed by atoms with E-state index in [9.17, 15) is 4.79 Å². The summed E-state index contributed by atoms with van der Waals surface area (Å²) in [6.07, 6.45) is -0.111. The maximum Gasteiger partial charge on any atom is 0.242 e. The van der Waals surface area contributed by atoms with E-state index in [1.54, 1.807) is 14.2 Å². The lowest BCUT2D eigenvalue weighted by Crippen LogP contribution is -2.42. The molecule has 0 saturated carbocycles. The van der Waals surface area contributed by atoms with Gasteiger partial charge in [0.1, 0.15) is 29.9 Å². The molecule has 0 aliphatic rings. The van der Waals surface area contributed by atoms with Gasteiger partial charge in [-0.1, -0.05) is 18.2 Å². The van der Waals surface area contributed by atoms with Gasteiger partial charge in [0.05, 0.1) is 20.8 Å². The molecule has 2 aromatic rings. The van der Waals surface area contributed by atoms with Crippen LogP contribution in [0.3, 0.4) is 0 Å². The standard InChI is InChI=1S/C23H32N4O4/c1-5-24-23(26-14-17(2)31-21-8-6-7-20(13-21)30-4)27-16-22(28)25-15-18-9-11-19(29-3)12-10-18/h6-13,17H,5,14-16H2,1-4H3,(H,25,28)(H2,24,26,27). The second-order valence-electron chi connectivity index (χ2n) is 6.81. The van der Waals surface area contributed by atoms with Crippen LogP contribution in [0.2, 0.25) is 0 Å². The van der Waals surface area contributed by atoms with Crippen LogP contribution < -0.4 is 30.2 Å². The molecule has 0 aliphatic carbocycles. The Labute approximate surface area is 184 Å². The van der Waals surface area contributed by atoms with Crippen molar-refractivity contribution < 1.29 is 19.0 Å². The fourth-order valence-corrected chi connectivity index (χ4v) is 2.68. The third-order valence-electron chi connectivity index (χ3n) is 4.31. The Hall–Kier alpha value is -3.42. The first kappa shape index (κ1) is 23.9. The maximum atomic E-state index is 12.2. The van der Waals surface area contributed by atoms with Gasteiger partial charge >= 0.3 is 0 Å². The summed E-state index contributed by atoms with van der Waals surface area (Å²) in [5, 5.41) is 9.19. The van der Waals surface area contributed by atoms with E-state index in [1.807, 2.05) is 62.4 Å². The van der Waals surface area contributed by atoms with Gasteiger partial charge in [-0.2, -0.15) is 0 Å². The average Bonchev–Trinajstić information content (AvgIpc) is 2.80. The first-order valence-corrected chi connectivity index (χ1v) is 10.3. The Balaban J connectivity index is 1.79. The Morgan fingerprint density at radius 3 is 2.35 bits per heavy atom. The Morgan fingerprint density at radius 1 is 0.968 bits per heavy atom. The number of rotatable bonds is 11. The van der Waals surface area contributed by atoms with Gasteiger partial charge in [-0.3, -0.25) is 4.79 Å². The van der Waals surface area contributed by atoms with Crippen molar-refractivity contribution in [1.29, 1.82) is 0 Å². The monoisotopic (exact) mass is 428 g/mol. The molecule has 3 N–H and O–H groups in total. The summed E-state index contributed by atoms with van der Waals surface area (Å²) in [5.74, 6) is 2.66. The number of methoxy groups -OCH3 is 2. The lowest BCUT2D eigenvalue weighted by atomic mass is 10.2. The van der Waals surface area contributed by atoms with Gasteiger partial charge in [0, 0.05) is 19.2 Å². The van der Waals surface area contributed by atoms with Crippen LogP contribution in [0.25, 0.3) is 0 Å². The van der Waals surface area contributed by atoms with Crippen LogP contribution in [0.5, 0.6) is 17.2 Å². The van der Waals surface area contributed by atoms with Gasteiger partial charge in [0.2, 0.25) is 5.91 Å². The first-order valence-electron chi connectivity index (χ1n) is 10.3. The largest absolute Gasteiger partial charge is 0.497 e. The predicted octanol–water partition coefficient (Wildman–Crippen LogP) is 2.34. The number of amides is 1. The number of guanidine groups is 1. The van der Waals surface area contributed by atoms with Crippen molar-refractivity contribution in [3.05, 3.63) is 54.1 Å². The van der Waals surface area contributed by atoms with E-state index in [4.69, 9.17) is 14.2 Å². The van der Waals surface area contributed by atoms with Crippen LogP contribution in [-0.4, -0.2) is 51.8 Å². The molecule has 1 atom stereocenters. The van der Waals surface area contributed by atoms with Crippen molar-refractivity contribution in [1.82, 2.24) is 16.0 Å². The topological polar surface area (TPSA) is 93.2 Å². The molecule has 0 aromatic heterocycles. The van der Waals surface area contributed by atoms with E-state index < -0.39 is 0 Å².